The summed E-state index contributed by atoms with van der Waals surface area (Å²) in [5, 5.41) is 12.2. The minimum atomic E-state index is -0.961. The molecule has 4 nitrogen and oxygen atoms in total. The first kappa shape index (κ1) is 9.24. The van der Waals surface area contributed by atoms with Crippen LogP contribution < -0.4 is 10.8 Å². The summed E-state index contributed by atoms with van der Waals surface area (Å²) in [6.07, 6.45) is 0. The molecule has 0 spiro atoms. The lowest BCUT2D eigenvalue weighted by molar-refractivity contribution is 0.0966. The molecular formula is C9H10BNO3. The Kier molecular flexibility index (Phi) is 2.27. The number of benzene rings is 1. The first-order chi connectivity index (χ1) is 6.74. The van der Waals surface area contributed by atoms with E-state index in [1.54, 1.807) is 18.2 Å². The third kappa shape index (κ3) is 1.30. The Hall–Kier alpha value is -1.33. The summed E-state index contributed by atoms with van der Waals surface area (Å²) in [6, 6.07) is 5.23. The molecule has 0 aromatic heterocycles. The fraction of sp³-hybridized carbons (Fsp3) is 0.222. The molecule has 1 aliphatic rings. The molecule has 1 aromatic rings. The molecule has 0 bridgehead atoms. The molecule has 1 aliphatic heterocycles. The summed E-state index contributed by atoms with van der Waals surface area (Å²) in [5.41, 5.74) is 2.11. The largest absolute Gasteiger partial charge is 0.491 e. The number of fused-ring (bicyclic) bond motifs is 1. The Balaban J connectivity index is 2.49. The second kappa shape index (κ2) is 3.44. The van der Waals surface area contributed by atoms with Crippen LogP contribution in [0.2, 0.25) is 0 Å². The van der Waals surface area contributed by atoms with Gasteiger partial charge in [0.15, 0.2) is 0 Å². The first-order valence-electron chi connectivity index (χ1n) is 4.35. The molecule has 0 fully saturated rings. The van der Waals surface area contributed by atoms with Gasteiger partial charge in [-0.05, 0) is 17.1 Å². The van der Waals surface area contributed by atoms with Crippen LogP contribution in [0.4, 0.5) is 0 Å². The third-order valence-electron chi connectivity index (χ3n) is 2.37. The van der Waals surface area contributed by atoms with Crippen molar-refractivity contribution in [3.8, 4) is 0 Å². The molecule has 2 N–H and O–H groups in total. The molecule has 0 radical (unpaired) electrons. The van der Waals surface area contributed by atoms with Crippen LogP contribution in [0.15, 0.2) is 18.2 Å². The highest BCUT2D eigenvalue weighted by atomic mass is 16.5. The van der Waals surface area contributed by atoms with Gasteiger partial charge in [0.25, 0.3) is 5.91 Å². The van der Waals surface area contributed by atoms with Crippen LogP contribution in [0.3, 0.4) is 0 Å². The predicted molar refractivity (Wildman–Crippen MR) is 52.2 cm³/mol. The summed E-state index contributed by atoms with van der Waals surface area (Å²) in [6.45, 7) is 0.463. The van der Waals surface area contributed by atoms with Crippen molar-refractivity contribution in [2.45, 2.75) is 6.54 Å². The number of carbonyl (C=O) groups excluding carboxylic acids is 1. The van der Waals surface area contributed by atoms with E-state index in [-0.39, 0.29) is 5.91 Å². The van der Waals surface area contributed by atoms with E-state index >= 15 is 0 Å². The van der Waals surface area contributed by atoms with Crippen LogP contribution in [0.25, 0.3) is 0 Å². The summed E-state index contributed by atoms with van der Waals surface area (Å²) in [7, 11) is 0.464. The standard InChI is InChI=1S/C9H10BNO3/c1-14-10(13)8-4-2-3-6-7(8)5-11-9(6)12/h2-4,13H,5H2,1H3,(H,11,12). The normalized spacial score (nSPS) is 13.7. The van der Waals surface area contributed by atoms with Gasteiger partial charge in [-0.25, -0.2) is 0 Å². The van der Waals surface area contributed by atoms with Crippen LogP contribution in [0.1, 0.15) is 15.9 Å². The molecule has 2 rings (SSSR count). The van der Waals surface area contributed by atoms with Gasteiger partial charge in [-0.15, -0.1) is 0 Å². The van der Waals surface area contributed by atoms with Crippen molar-refractivity contribution in [3.63, 3.8) is 0 Å². The van der Waals surface area contributed by atoms with E-state index in [0.717, 1.165) is 5.56 Å². The molecule has 0 aliphatic carbocycles. The highest BCUT2D eigenvalue weighted by Gasteiger charge is 2.26. The number of hydrogen-bond acceptors (Lipinski definition) is 3. The van der Waals surface area contributed by atoms with Gasteiger partial charge in [0.2, 0.25) is 0 Å². The lowest BCUT2D eigenvalue weighted by atomic mass is 9.75. The van der Waals surface area contributed by atoms with Gasteiger partial charge in [0.1, 0.15) is 0 Å². The molecule has 0 atom stereocenters. The molecule has 5 heteroatoms. The molecule has 14 heavy (non-hydrogen) atoms. The van der Waals surface area contributed by atoms with Gasteiger partial charge in [0, 0.05) is 19.2 Å². The van der Waals surface area contributed by atoms with E-state index < -0.39 is 7.12 Å². The Bertz CT molecular complexity index is 380. The maximum Gasteiger partial charge on any atom is 0.491 e. The topological polar surface area (TPSA) is 58.6 Å². The van der Waals surface area contributed by atoms with Crippen LogP contribution in [0.5, 0.6) is 0 Å². The number of amides is 1. The maximum absolute atomic E-state index is 11.3. The van der Waals surface area contributed by atoms with Crippen LogP contribution in [-0.2, 0) is 11.2 Å². The Labute approximate surface area is 82.0 Å². The fourth-order valence-corrected chi connectivity index (χ4v) is 1.64. The summed E-state index contributed by atoms with van der Waals surface area (Å²) in [4.78, 5) is 11.3. The molecule has 0 unspecified atom stereocenters. The molecule has 1 aromatic carbocycles. The van der Waals surface area contributed by atoms with Crippen molar-refractivity contribution in [2.75, 3.05) is 7.11 Å². The lowest BCUT2D eigenvalue weighted by Gasteiger charge is -2.07. The minimum absolute atomic E-state index is 0.0925. The maximum atomic E-state index is 11.3. The van der Waals surface area contributed by atoms with E-state index in [0.29, 0.717) is 17.6 Å². The second-order valence-corrected chi connectivity index (χ2v) is 3.14. The van der Waals surface area contributed by atoms with Crippen molar-refractivity contribution >= 4 is 18.5 Å². The number of carbonyl (C=O) groups is 1. The zero-order valence-corrected chi connectivity index (χ0v) is 7.78. The van der Waals surface area contributed by atoms with Gasteiger partial charge < -0.3 is 15.0 Å². The van der Waals surface area contributed by atoms with E-state index in [4.69, 9.17) is 4.65 Å². The van der Waals surface area contributed by atoms with Crippen molar-refractivity contribution in [3.05, 3.63) is 29.3 Å². The van der Waals surface area contributed by atoms with Gasteiger partial charge in [-0.1, -0.05) is 12.1 Å². The van der Waals surface area contributed by atoms with Crippen LogP contribution in [0, 0.1) is 0 Å². The van der Waals surface area contributed by atoms with E-state index in [9.17, 15) is 9.82 Å². The average Bonchev–Trinajstić information content (AvgIpc) is 2.59. The highest BCUT2D eigenvalue weighted by molar-refractivity contribution is 6.60. The van der Waals surface area contributed by atoms with Crippen molar-refractivity contribution in [2.24, 2.45) is 0 Å². The third-order valence-corrected chi connectivity index (χ3v) is 2.37. The number of rotatable bonds is 2. The fourth-order valence-electron chi connectivity index (χ4n) is 1.64. The Morgan fingerprint density at radius 1 is 1.57 bits per heavy atom. The number of hydrogen-bond donors (Lipinski definition) is 2. The molecular weight excluding hydrogens is 181 g/mol. The zero-order chi connectivity index (χ0) is 10.1. The Morgan fingerprint density at radius 3 is 3.07 bits per heavy atom. The van der Waals surface area contributed by atoms with Crippen molar-refractivity contribution in [1.82, 2.24) is 5.32 Å². The van der Waals surface area contributed by atoms with E-state index in [2.05, 4.69) is 5.32 Å². The smallest absolute Gasteiger partial charge is 0.423 e. The predicted octanol–water partition coefficient (Wildman–Crippen LogP) is -0.736. The molecule has 1 heterocycles. The van der Waals surface area contributed by atoms with E-state index in [1.165, 1.54) is 7.11 Å². The van der Waals surface area contributed by atoms with Crippen molar-refractivity contribution in [1.29, 1.82) is 0 Å². The highest BCUT2D eigenvalue weighted by Crippen LogP contribution is 2.13. The van der Waals surface area contributed by atoms with Crippen molar-refractivity contribution < 1.29 is 14.5 Å². The van der Waals surface area contributed by atoms with E-state index in [1.807, 2.05) is 0 Å². The Morgan fingerprint density at radius 2 is 2.36 bits per heavy atom. The molecule has 1 amide bonds. The first-order valence-corrected chi connectivity index (χ1v) is 4.35. The van der Waals surface area contributed by atoms with Gasteiger partial charge in [0.05, 0.1) is 0 Å². The zero-order valence-electron chi connectivity index (χ0n) is 7.78. The van der Waals surface area contributed by atoms with Crippen LogP contribution in [-0.4, -0.2) is 25.2 Å². The van der Waals surface area contributed by atoms with Gasteiger partial charge >= 0.3 is 7.12 Å². The quantitative estimate of drug-likeness (QED) is 0.605. The molecule has 0 saturated carbocycles. The van der Waals surface area contributed by atoms with Crippen LogP contribution >= 0.6 is 0 Å². The van der Waals surface area contributed by atoms with Gasteiger partial charge in [-0.2, -0.15) is 0 Å². The second-order valence-electron chi connectivity index (χ2n) is 3.14. The minimum Gasteiger partial charge on any atom is -0.423 e. The summed E-state index contributed by atoms with van der Waals surface area (Å²) < 4.78 is 4.81. The molecule has 0 saturated heterocycles. The lowest BCUT2D eigenvalue weighted by Crippen LogP contribution is -2.35. The SMILES string of the molecule is COB(O)c1cccc2c1CNC2=O. The molecule has 72 valence electrons. The summed E-state index contributed by atoms with van der Waals surface area (Å²) in [5.74, 6) is -0.0925. The monoisotopic (exact) mass is 191 g/mol. The number of nitrogens with one attached hydrogen (secondary N) is 1. The average molecular weight is 191 g/mol. The van der Waals surface area contributed by atoms with Gasteiger partial charge in [-0.3, -0.25) is 4.79 Å². The summed E-state index contributed by atoms with van der Waals surface area (Å²) >= 11 is 0.